The van der Waals surface area contributed by atoms with E-state index in [9.17, 15) is 9.18 Å². The molecule has 0 atom stereocenters. The molecule has 17 heavy (non-hydrogen) atoms. The number of benzene rings is 1. The average molecular weight is 240 g/mol. The molecule has 5 heteroatoms. The summed E-state index contributed by atoms with van der Waals surface area (Å²) in [4.78, 5) is 13.3. The van der Waals surface area contributed by atoms with Gasteiger partial charge in [-0.1, -0.05) is 12.1 Å². The molecule has 0 aliphatic carbocycles. The van der Waals surface area contributed by atoms with Gasteiger partial charge >= 0.3 is 0 Å². The fraction of sp³-hybridized carbons (Fsp3) is 0.417. The van der Waals surface area contributed by atoms with Gasteiger partial charge in [0.1, 0.15) is 5.82 Å². The van der Waals surface area contributed by atoms with Gasteiger partial charge in [-0.3, -0.25) is 9.69 Å². The molecule has 1 aromatic carbocycles. The minimum atomic E-state index is -0.445. The van der Waals surface area contributed by atoms with Crippen LogP contribution in [0.5, 0.6) is 0 Å². The van der Waals surface area contributed by atoms with Crippen molar-refractivity contribution in [2.75, 3.05) is 32.1 Å². The van der Waals surface area contributed by atoms with E-state index >= 15 is 0 Å². The van der Waals surface area contributed by atoms with Crippen LogP contribution in [0.25, 0.3) is 0 Å². The summed E-state index contributed by atoms with van der Waals surface area (Å²) in [6.07, 6.45) is 0.615. The van der Waals surface area contributed by atoms with Crippen LogP contribution in [0.15, 0.2) is 24.3 Å². The quantitative estimate of drug-likeness (QED) is 0.782. The second-order valence-electron chi connectivity index (χ2n) is 3.84. The minimum absolute atomic E-state index is 0.0965. The summed E-state index contributed by atoms with van der Waals surface area (Å²) < 4.78 is 13.2. The highest BCUT2D eigenvalue weighted by Gasteiger charge is 2.08. The molecule has 1 aromatic rings. The van der Waals surface area contributed by atoms with E-state index in [2.05, 4.69) is 5.32 Å². The molecule has 0 unspecified atom stereocenters. The summed E-state index contributed by atoms with van der Waals surface area (Å²) >= 11 is 0. The first-order chi connectivity index (χ1) is 8.13. The summed E-state index contributed by atoms with van der Waals surface area (Å²) in [5.74, 6) is -0.714. The Labute approximate surface area is 100 Å². The number of nitrogens with zero attached hydrogens (tertiary/aromatic N) is 1. The Hall–Kier alpha value is -1.46. The highest BCUT2D eigenvalue weighted by atomic mass is 19.1. The molecule has 0 fully saturated rings. The van der Waals surface area contributed by atoms with Gasteiger partial charge in [0.25, 0.3) is 0 Å². The average Bonchev–Trinajstić information content (AvgIpc) is 2.29. The Morgan fingerprint density at radius 3 is 2.82 bits per heavy atom. The predicted molar refractivity (Wildman–Crippen MR) is 64.2 cm³/mol. The molecule has 0 aliphatic rings. The van der Waals surface area contributed by atoms with Gasteiger partial charge in [-0.05, 0) is 25.6 Å². The number of para-hydroxylation sites is 1. The van der Waals surface area contributed by atoms with Crippen molar-refractivity contribution >= 4 is 11.6 Å². The number of halogens is 1. The zero-order valence-corrected chi connectivity index (χ0v) is 9.82. The largest absolute Gasteiger partial charge is 0.396 e. The monoisotopic (exact) mass is 240 g/mol. The van der Waals surface area contributed by atoms with E-state index in [-0.39, 0.29) is 24.7 Å². The third-order valence-electron chi connectivity index (χ3n) is 2.26. The molecule has 0 saturated heterocycles. The van der Waals surface area contributed by atoms with Crippen molar-refractivity contribution in [3.05, 3.63) is 30.1 Å². The fourth-order valence-electron chi connectivity index (χ4n) is 1.42. The Morgan fingerprint density at radius 2 is 2.18 bits per heavy atom. The highest BCUT2D eigenvalue weighted by Crippen LogP contribution is 2.11. The Morgan fingerprint density at radius 1 is 1.47 bits per heavy atom. The van der Waals surface area contributed by atoms with Crippen LogP contribution in [0.2, 0.25) is 0 Å². The number of aliphatic hydroxyl groups is 1. The van der Waals surface area contributed by atoms with Crippen LogP contribution in [0.1, 0.15) is 6.42 Å². The molecular formula is C12H17FN2O2. The molecule has 1 amide bonds. The van der Waals surface area contributed by atoms with Gasteiger partial charge < -0.3 is 10.4 Å². The topological polar surface area (TPSA) is 52.6 Å². The maximum atomic E-state index is 13.2. The van der Waals surface area contributed by atoms with Gasteiger partial charge in [0, 0.05) is 13.2 Å². The van der Waals surface area contributed by atoms with Crippen molar-refractivity contribution in [1.29, 1.82) is 0 Å². The first-order valence-electron chi connectivity index (χ1n) is 5.47. The number of hydrogen-bond acceptors (Lipinski definition) is 3. The zero-order valence-electron chi connectivity index (χ0n) is 9.82. The molecule has 0 bridgehead atoms. The number of carbonyl (C=O) groups excluding carboxylic acids is 1. The van der Waals surface area contributed by atoms with E-state index in [1.54, 1.807) is 24.1 Å². The molecule has 0 spiro atoms. The summed E-state index contributed by atoms with van der Waals surface area (Å²) in [5.41, 5.74) is 0.188. The molecule has 0 saturated carbocycles. The first kappa shape index (κ1) is 13.6. The Kier molecular flexibility index (Phi) is 5.59. The summed E-state index contributed by atoms with van der Waals surface area (Å²) in [5, 5.41) is 11.1. The molecule has 4 nitrogen and oxygen atoms in total. The lowest BCUT2D eigenvalue weighted by molar-refractivity contribution is -0.117. The number of aliphatic hydroxyl groups excluding tert-OH is 1. The van der Waals surface area contributed by atoms with Crippen molar-refractivity contribution in [3.8, 4) is 0 Å². The molecule has 2 N–H and O–H groups in total. The number of rotatable bonds is 6. The number of anilines is 1. The van der Waals surface area contributed by atoms with E-state index < -0.39 is 5.82 Å². The molecule has 0 aromatic heterocycles. The summed E-state index contributed by atoms with van der Waals surface area (Å²) in [6.45, 7) is 0.898. The van der Waals surface area contributed by atoms with Crippen LogP contribution in [-0.2, 0) is 4.79 Å². The van der Waals surface area contributed by atoms with Crippen LogP contribution in [0, 0.1) is 5.82 Å². The maximum absolute atomic E-state index is 13.2. The molecule has 0 aliphatic heterocycles. The fourth-order valence-corrected chi connectivity index (χ4v) is 1.42. The van der Waals surface area contributed by atoms with Gasteiger partial charge in [0.15, 0.2) is 0 Å². The third-order valence-corrected chi connectivity index (χ3v) is 2.26. The summed E-state index contributed by atoms with van der Waals surface area (Å²) in [7, 11) is 1.77. The van der Waals surface area contributed by atoms with Gasteiger partial charge in [-0.25, -0.2) is 4.39 Å². The molecule has 94 valence electrons. The molecule has 0 radical (unpaired) electrons. The van der Waals surface area contributed by atoms with E-state index in [1.165, 1.54) is 12.1 Å². The Balaban J connectivity index is 2.42. The van der Waals surface area contributed by atoms with Crippen LogP contribution >= 0.6 is 0 Å². The van der Waals surface area contributed by atoms with Crippen molar-refractivity contribution in [3.63, 3.8) is 0 Å². The second kappa shape index (κ2) is 6.98. The number of likely N-dealkylation sites (N-methyl/N-ethyl adjacent to an activating group) is 1. The SMILES string of the molecule is CN(CCCO)CC(=O)Nc1ccccc1F. The number of nitrogens with one attached hydrogen (secondary N) is 1. The van der Waals surface area contributed by atoms with Crippen LogP contribution in [0.3, 0.4) is 0 Å². The minimum Gasteiger partial charge on any atom is -0.396 e. The number of carbonyl (C=O) groups is 1. The van der Waals surface area contributed by atoms with Crippen LogP contribution in [-0.4, -0.2) is 42.7 Å². The third kappa shape index (κ3) is 4.93. The van der Waals surface area contributed by atoms with Gasteiger partial charge in [0.2, 0.25) is 5.91 Å². The second-order valence-corrected chi connectivity index (χ2v) is 3.84. The Bertz CT molecular complexity index is 371. The first-order valence-corrected chi connectivity index (χ1v) is 5.47. The molecular weight excluding hydrogens is 223 g/mol. The van der Waals surface area contributed by atoms with E-state index in [0.717, 1.165) is 0 Å². The van der Waals surface area contributed by atoms with E-state index in [4.69, 9.17) is 5.11 Å². The van der Waals surface area contributed by atoms with E-state index in [1.807, 2.05) is 0 Å². The van der Waals surface area contributed by atoms with Crippen molar-refractivity contribution in [2.24, 2.45) is 0 Å². The lowest BCUT2D eigenvalue weighted by Gasteiger charge is -2.15. The van der Waals surface area contributed by atoms with Gasteiger partial charge in [-0.2, -0.15) is 0 Å². The smallest absolute Gasteiger partial charge is 0.238 e. The number of amides is 1. The van der Waals surface area contributed by atoms with Crippen molar-refractivity contribution in [1.82, 2.24) is 4.90 Å². The molecule has 1 rings (SSSR count). The number of hydrogen-bond donors (Lipinski definition) is 2. The predicted octanol–water partition coefficient (Wildman–Crippen LogP) is 1.08. The molecule has 0 heterocycles. The van der Waals surface area contributed by atoms with Crippen LogP contribution in [0.4, 0.5) is 10.1 Å². The van der Waals surface area contributed by atoms with Crippen molar-refractivity contribution < 1.29 is 14.3 Å². The zero-order chi connectivity index (χ0) is 12.7. The standard InChI is InChI=1S/C12H17FN2O2/c1-15(7-4-8-16)9-12(17)14-11-6-3-2-5-10(11)13/h2-3,5-6,16H,4,7-9H2,1H3,(H,14,17). The normalized spacial score (nSPS) is 10.6. The van der Waals surface area contributed by atoms with Gasteiger partial charge in [-0.15, -0.1) is 0 Å². The van der Waals surface area contributed by atoms with Crippen LogP contribution < -0.4 is 5.32 Å². The maximum Gasteiger partial charge on any atom is 0.238 e. The van der Waals surface area contributed by atoms with Gasteiger partial charge in [0.05, 0.1) is 12.2 Å². The lowest BCUT2D eigenvalue weighted by Crippen LogP contribution is -2.31. The highest BCUT2D eigenvalue weighted by molar-refractivity contribution is 5.92. The lowest BCUT2D eigenvalue weighted by atomic mass is 10.3. The van der Waals surface area contributed by atoms with Crippen molar-refractivity contribution in [2.45, 2.75) is 6.42 Å². The van der Waals surface area contributed by atoms with E-state index in [0.29, 0.717) is 13.0 Å². The summed E-state index contributed by atoms with van der Waals surface area (Å²) in [6, 6.07) is 6.04.